The van der Waals surface area contributed by atoms with E-state index in [1.165, 1.54) is 38.9 Å². The molecule has 3 heteroatoms. The van der Waals surface area contributed by atoms with Gasteiger partial charge in [-0.1, -0.05) is 159 Å². The van der Waals surface area contributed by atoms with Gasteiger partial charge in [0, 0.05) is 38.5 Å². The third kappa shape index (κ3) is 5.22. The molecule has 0 saturated carbocycles. The molecule has 0 spiro atoms. The van der Waals surface area contributed by atoms with E-state index in [-0.39, 0.29) is 5.41 Å². The standard InChI is InChI=1S/C57H39NO2/c1-57(2)48-32-31-41(35-46(48)54-42(19-12-22-49(54)57)37-16-7-4-8-17-37)58(40-29-26-38(27-30-40)43-20-11-21-45-44-18-9-10-24-51(44)60-56(43)45)50-23-13-25-53-55(50)47-34-39(28-33-52(47)59-53)36-14-5-3-6-15-36/h3-35H,1-2H3. The minimum absolute atomic E-state index is 0.160. The van der Waals surface area contributed by atoms with Crippen molar-refractivity contribution in [3.8, 4) is 44.5 Å². The Bertz CT molecular complexity index is 3450. The number of anilines is 3. The lowest BCUT2D eigenvalue weighted by molar-refractivity contribution is 0.660. The Hall–Kier alpha value is -7.62. The number of furan rings is 2. The number of hydrogen-bond acceptors (Lipinski definition) is 3. The van der Waals surface area contributed by atoms with Crippen LogP contribution in [0.15, 0.2) is 209 Å². The van der Waals surface area contributed by atoms with E-state index in [0.717, 1.165) is 77.6 Å². The third-order valence-electron chi connectivity index (χ3n) is 12.7. The second-order valence-electron chi connectivity index (χ2n) is 16.4. The summed E-state index contributed by atoms with van der Waals surface area (Å²) in [4.78, 5) is 2.41. The average molecular weight is 770 g/mol. The number of benzene rings is 9. The van der Waals surface area contributed by atoms with Gasteiger partial charge in [0.2, 0.25) is 0 Å². The van der Waals surface area contributed by atoms with Crippen molar-refractivity contribution in [3.63, 3.8) is 0 Å². The first-order valence-electron chi connectivity index (χ1n) is 20.7. The molecule has 0 amide bonds. The Labute approximate surface area is 348 Å². The van der Waals surface area contributed by atoms with Crippen molar-refractivity contribution in [1.29, 1.82) is 0 Å². The summed E-state index contributed by atoms with van der Waals surface area (Å²) in [7, 11) is 0. The van der Waals surface area contributed by atoms with Gasteiger partial charge in [-0.3, -0.25) is 0 Å². The zero-order chi connectivity index (χ0) is 40.0. The van der Waals surface area contributed by atoms with Crippen molar-refractivity contribution >= 4 is 60.9 Å². The Morgan fingerprint density at radius 3 is 1.85 bits per heavy atom. The lowest BCUT2D eigenvalue weighted by Gasteiger charge is -2.28. The van der Waals surface area contributed by atoms with Crippen molar-refractivity contribution in [3.05, 3.63) is 211 Å². The second kappa shape index (κ2) is 13.2. The van der Waals surface area contributed by atoms with Crippen LogP contribution in [0.4, 0.5) is 17.1 Å². The van der Waals surface area contributed by atoms with Gasteiger partial charge < -0.3 is 13.7 Å². The van der Waals surface area contributed by atoms with Crippen LogP contribution in [0.5, 0.6) is 0 Å². The van der Waals surface area contributed by atoms with Gasteiger partial charge >= 0.3 is 0 Å². The highest BCUT2D eigenvalue weighted by Gasteiger charge is 2.37. The molecule has 2 aromatic heterocycles. The fourth-order valence-electron chi connectivity index (χ4n) is 9.79. The zero-order valence-corrected chi connectivity index (χ0v) is 33.3. The van der Waals surface area contributed by atoms with Gasteiger partial charge in [-0.2, -0.15) is 0 Å². The fourth-order valence-corrected chi connectivity index (χ4v) is 9.79. The Morgan fingerprint density at radius 1 is 0.383 bits per heavy atom. The molecule has 3 nitrogen and oxygen atoms in total. The first kappa shape index (κ1) is 34.4. The van der Waals surface area contributed by atoms with Gasteiger partial charge in [-0.05, 0) is 105 Å². The van der Waals surface area contributed by atoms with Crippen molar-refractivity contribution in [2.45, 2.75) is 19.3 Å². The summed E-state index contributed by atoms with van der Waals surface area (Å²) < 4.78 is 13.1. The van der Waals surface area contributed by atoms with E-state index in [1.54, 1.807) is 0 Å². The van der Waals surface area contributed by atoms with E-state index in [0.29, 0.717) is 0 Å². The number of fused-ring (bicyclic) bond motifs is 9. The van der Waals surface area contributed by atoms with E-state index >= 15 is 0 Å². The van der Waals surface area contributed by atoms with Gasteiger partial charge in [-0.15, -0.1) is 0 Å². The molecule has 284 valence electrons. The van der Waals surface area contributed by atoms with Crippen LogP contribution in [0.1, 0.15) is 25.0 Å². The van der Waals surface area contributed by atoms with E-state index in [1.807, 2.05) is 12.1 Å². The molecular formula is C57H39NO2. The van der Waals surface area contributed by atoms with Gasteiger partial charge in [0.25, 0.3) is 0 Å². The third-order valence-corrected chi connectivity index (χ3v) is 12.7. The monoisotopic (exact) mass is 769 g/mol. The average Bonchev–Trinajstić information content (AvgIpc) is 3.95. The molecule has 0 atom stereocenters. The molecule has 0 saturated heterocycles. The van der Waals surface area contributed by atoms with Crippen molar-refractivity contribution < 1.29 is 8.83 Å². The number of nitrogens with zero attached hydrogens (tertiary/aromatic N) is 1. The van der Waals surface area contributed by atoms with Crippen LogP contribution >= 0.6 is 0 Å². The molecule has 1 aliphatic carbocycles. The van der Waals surface area contributed by atoms with Crippen molar-refractivity contribution in [1.82, 2.24) is 0 Å². The lowest BCUT2D eigenvalue weighted by atomic mass is 9.82. The molecule has 9 aromatic carbocycles. The highest BCUT2D eigenvalue weighted by atomic mass is 16.3. The maximum Gasteiger partial charge on any atom is 0.143 e. The van der Waals surface area contributed by atoms with E-state index in [9.17, 15) is 0 Å². The molecular weight excluding hydrogens is 731 g/mol. The molecule has 0 aliphatic heterocycles. The summed E-state index contributed by atoms with van der Waals surface area (Å²) in [5.41, 5.74) is 18.8. The Balaban J connectivity index is 1.08. The predicted molar refractivity (Wildman–Crippen MR) is 250 cm³/mol. The minimum Gasteiger partial charge on any atom is -0.456 e. The van der Waals surface area contributed by atoms with E-state index in [2.05, 4.69) is 207 Å². The normalized spacial score (nSPS) is 13.0. The van der Waals surface area contributed by atoms with Gasteiger partial charge in [0.1, 0.15) is 22.3 Å². The first-order chi connectivity index (χ1) is 29.5. The molecule has 60 heavy (non-hydrogen) atoms. The van der Waals surface area contributed by atoms with Crippen LogP contribution < -0.4 is 4.90 Å². The molecule has 0 radical (unpaired) electrons. The van der Waals surface area contributed by atoms with E-state index < -0.39 is 0 Å². The highest BCUT2D eigenvalue weighted by Crippen LogP contribution is 2.54. The fraction of sp³-hybridized carbons (Fsp3) is 0.0526. The summed E-state index contributed by atoms with van der Waals surface area (Å²) in [6, 6.07) is 71.8. The molecule has 0 unspecified atom stereocenters. The summed E-state index contributed by atoms with van der Waals surface area (Å²) in [5.74, 6) is 0. The summed E-state index contributed by atoms with van der Waals surface area (Å²) in [6.45, 7) is 4.71. The molecule has 11 aromatic rings. The molecule has 12 rings (SSSR count). The van der Waals surface area contributed by atoms with Crippen LogP contribution in [-0.2, 0) is 5.41 Å². The number of para-hydroxylation sites is 2. The summed E-state index contributed by atoms with van der Waals surface area (Å²) in [6.07, 6.45) is 0. The van der Waals surface area contributed by atoms with Gasteiger partial charge in [0.05, 0.1) is 11.1 Å². The second-order valence-corrected chi connectivity index (χ2v) is 16.4. The van der Waals surface area contributed by atoms with Crippen LogP contribution in [0.2, 0.25) is 0 Å². The minimum atomic E-state index is -0.160. The molecule has 0 N–H and O–H groups in total. The van der Waals surface area contributed by atoms with Crippen LogP contribution in [0, 0.1) is 0 Å². The molecule has 2 heterocycles. The van der Waals surface area contributed by atoms with Crippen LogP contribution in [0.3, 0.4) is 0 Å². The first-order valence-corrected chi connectivity index (χ1v) is 20.7. The molecule has 0 fully saturated rings. The van der Waals surface area contributed by atoms with E-state index in [4.69, 9.17) is 8.83 Å². The zero-order valence-electron chi connectivity index (χ0n) is 33.3. The lowest BCUT2D eigenvalue weighted by Crippen LogP contribution is -2.15. The maximum atomic E-state index is 6.62. The summed E-state index contributed by atoms with van der Waals surface area (Å²) >= 11 is 0. The highest BCUT2D eigenvalue weighted by molar-refractivity contribution is 6.15. The Kier molecular flexibility index (Phi) is 7.58. The quantitative estimate of drug-likeness (QED) is 0.169. The number of rotatable bonds is 6. The summed E-state index contributed by atoms with van der Waals surface area (Å²) in [5, 5.41) is 4.41. The predicted octanol–water partition coefficient (Wildman–Crippen LogP) is 16.3. The van der Waals surface area contributed by atoms with Gasteiger partial charge in [0.15, 0.2) is 0 Å². The largest absolute Gasteiger partial charge is 0.456 e. The van der Waals surface area contributed by atoms with Crippen LogP contribution in [-0.4, -0.2) is 0 Å². The topological polar surface area (TPSA) is 29.5 Å². The molecule has 1 aliphatic rings. The van der Waals surface area contributed by atoms with Crippen molar-refractivity contribution in [2.24, 2.45) is 0 Å². The Morgan fingerprint density at radius 2 is 1.02 bits per heavy atom. The van der Waals surface area contributed by atoms with Crippen molar-refractivity contribution in [2.75, 3.05) is 4.90 Å². The molecule has 0 bridgehead atoms. The maximum absolute atomic E-state index is 6.62. The van der Waals surface area contributed by atoms with Crippen LogP contribution in [0.25, 0.3) is 88.4 Å². The smallest absolute Gasteiger partial charge is 0.143 e. The van der Waals surface area contributed by atoms with Gasteiger partial charge in [-0.25, -0.2) is 0 Å². The SMILES string of the molecule is CC1(C)c2ccc(N(c3ccc(-c4cccc5c4oc4ccccc45)cc3)c3cccc4oc5ccc(-c6ccccc6)cc5c34)cc2-c2c(-c3ccccc3)cccc21. The number of hydrogen-bond donors (Lipinski definition) is 0.